The first-order valence-electron chi connectivity index (χ1n) is 6.87. The molecule has 1 aliphatic rings. The molecule has 21 heavy (non-hydrogen) atoms. The zero-order valence-electron chi connectivity index (χ0n) is 11.2. The Morgan fingerprint density at radius 1 is 1.19 bits per heavy atom. The third kappa shape index (κ3) is 2.12. The quantitative estimate of drug-likeness (QED) is 0.700. The summed E-state index contributed by atoms with van der Waals surface area (Å²) in [5.41, 5.74) is 9.35. The number of imidazole rings is 1. The number of nitrogens with zero attached hydrogens (tertiary/aromatic N) is 2. The van der Waals surface area contributed by atoms with E-state index in [9.17, 15) is 4.39 Å². The molecule has 0 aliphatic heterocycles. The summed E-state index contributed by atoms with van der Waals surface area (Å²) in [6.45, 7) is 0. The first-order chi connectivity index (χ1) is 10.1. The number of aromatic nitrogens is 2. The van der Waals surface area contributed by atoms with Crippen LogP contribution in [0.4, 0.5) is 10.1 Å². The van der Waals surface area contributed by atoms with E-state index in [0.717, 1.165) is 39.9 Å². The van der Waals surface area contributed by atoms with Crippen LogP contribution in [0.2, 0.25) is 0 Å². The molecule has 106 valence electrons. The molecule has 1 fully saturated rings. The predicted octanol–water partition coefficient (Wildman–Crippen LogP) is 4.39. The molecule has 0 unspecified atom stereocenters. The predicted molar refractivity (Wildman–Crippen MR) is 85.1 cm³/mol. The summed E-state index contributed by atoms with van der Waals surface area (Å²) in [5.74, 6) is 1.26. The molecule has 0 saturated heterocycles. The highest BCUT2D eigenvalue weighted by atomic mass is 79.9. The number of rotatable bonds is 2. The van der Waals surface area contributed by atoms with E-state index in [1.54, 1.807) is 6.07 Å². The number of benzene rings is 2. The molecule has 5 heteroatoms. The zero-order chi connectivity index (χ0) is 14.6. The molecule has 3 aromatic rings. The Kier molecular flexibility index (Phi) is 2.79. The fourth-order valence-electron chi connectivity index (χ4n) is 2.65. The van der Waals surface area contributed by atoms with Crippen molar-refractivity contribution in [1.29, 1.82) is 0 Å². The van der Waals surface area contributed by atoms with Crippen LogP contribution in [0.25, 0.3) is 16.7 Å². The van der Waals surface area contributed by atoms with Gasteiger partial charge in [-0.2, -0.15) is 0 Å². The van der Waals surface area contributed by atoms with E-state index >= 15 is 0 Å². The maximum atomic E-state index is 13.4. The van der Waals surface area contributed by atoms with Gasteiger partial charge in [0, 0.05) is 16.1 Å². The molecule has 0 bridgehead atoms. The molecule has 2 aromatic carbocycles. The van der Waals surface area contributed by atoms with Gasteiger partial charge in [0.25, 0.3) is 0 Å². The molecule has 1 heterocycles. The summed E-state index contributed by atoms with van der Waals surface area (Å²) >= 11 is 3.46. The highest BCUT2D eigenvalue weighted by molar-refractivity contribution is 9.10. The van der Waals surface area contributed by atoms with Crippen molar-refractivity contribution in [2.45, 2.75) is 18.8 Å². The molecule has 1 aliphatic carbocycles. The van der Waals surface area contributed by atoms with E-state index in [1.165, 1.54) is 12.1 Å². The van der Waals surface area contributed by atoms with Crippen LogP contribution in [0.3, 0.4) is 0 Å². The van der Waals surface area contributed by atoms with Gasteiger partial charge in [-0.25, -0.2) is 9.37 Å². The largest absolute Gasteiger partial charge is 0.399 e. The first kappa shape index (κ1) is 12.8. The second-order valence-corrected chi connectivity index (χ2v) is 6.28. The minimum absolute atomic E-state index is 0.257. The fourth-order valence-corrected chi connectivity index (χ4v) is 3.18. The van der Waals surface area contributed by atoms with Gasteiger partial charge in [0.05, 0.1) is 16.7 Å². The molecule has 0 spiro atoms. The molecule has 3 nitrogen and oxygen atoms in total. The fraction of sp³-hybridized carbons (Fsp3) is 0.188. The summed E-state index contributed by atoms with van der Waals surface area (Å²) in [6.07, 6.45) is 2.30. The molecule has 0 amide bonds. The van der Waals surface area contributed by atoms with E-state index in [4.69, 9.17) is 10.7 Å². The molecular weight excluding hydrogens is 333 g/mol. The number of anilines is 1. The Hall–Kier alpha value is -1.88. The zero-order valence-corrected chi connectivity index (χ0v) is 12.8. The number of nitrogens with two attached hydrogens (primary N) is 1. The summed E-state index contributed by atoms with van der Waals surface area (Å²) in [5, 5.41) is 0. The number of fused-ring (bicyclic) bond motifs is 1. The van der Waals surface area contributed by atoms with Gasteiger partial charge in [0.2, 0.25) is 0 Å². The van der Waals surface area contributed by atoms with E-state index in [2.05, 4.69) is 20.5 Å². The number of hydrogen-bond acceptors (Lipinski definition) is 2. The number of nitrogen functional groups attached to an aromatic ring is 1. The number of halogens is 2. The lowest BCUT2D eigenvalue weighted by atomic mass is 10.2. The minimum atomic E-state index is -0.257. The Morgan fingerprint density at radius 2 is 2.00 bits per heavy atom. The van der Waals surface area contributed by atoms with Crippen LogP contribution in [0, 0.1) is 5.82 Å². The number of hydrogen-bond donors (Lipinski definition) is 1. The lowest BCUT2D eigenvalue weighted by molar-refractivity contribution is 0.626. The average Bonchev–Trinajstić information content (AvgIpc) is 3.21. The van der Waals surface area contributed by atoms with Gasteiger partial charge in [-0.05, 0) is 65.2 Å². The lowest BCUT2D eigenvalue weighted by Crippen LogP contribution is -2.01. The summed E-state index contributed by atoms with van der Waals surface area (Å²) in [6, 6.07) is 10.5. The second kappa shape index (κ2) is 4.56. The van der Waals surface area contributed by atoms with Crippen LogP contribution in [-0.2, 0) is 0 Å². The van der Waals surface area contributed by atoms with Crippen molar-refractivity contribution < 1.29 is 4.39 Å². The normalized spacial score (nSPS) is 14.8. The molecule has 1 saturated carbocycles. The van der Waals surface area contributed by atoms with Crippen molar-refractivity contribution in [3.05, 3.63) is 52.5 Å². The van der Waals surface area contributed by atoms with Crippen molar-refractivity contribution in [2.75, 3.05) is 5.73 Å². The molecule has 0 atom stereocenters. The minimum Gasteiger partial charge on any atom is -0.399 e. The third-order valence-electron chi connectivity index (χ3n) is 3.80. The van der Waals surface area contributed by atoms with Crippen molar-refractivity contribution in [1.82, 2.24) is 9.55 Å². The topological polar surface area (TPSA) is 43.8 Å². The summed E-state index contributed by atoms with van der Waals surface area (Å²) in [4.78, 5) is 4.74. The van der Waals surface area contributed by atoms with Crippen LogP contribution in [0.5, 0.6) is 0 Å². The summed E-state index contributed by atoms with van der Waals surface area (Å²) < 4.78 is 16.2. The maximum Gasteiger partial charge on any atom is 0.124 e. The third-order valence-corrected chi connectivity index (χ3v) is 4.43. The van der Waals surface area contributed by atoms with Crippen molar-refractivity contribution in [3.8, 4) is 5.69 Å². The first-order valence-corrected chi connectivity index (χ1v) is 7.66. The summed E-state index contributed by atoms with van der Waals surface area (Å²) in [7, 11) is 0. The van der Waals surface area contributed by atoms with Gasteiger partial charge in [-0.15, -0.1) is 0 Å². The Morgan fingerprint density at radius 3 is 2.71 bits per heavy atom. The smallest absolute Gasteiger partial charge is 0.124 e. The maximum absolute atomic E-state index is 13.4. The Bertz CT molecular complexity index is 852. The Balaban J connectivity index is 2.03. The second-order valence-electron chi connectivity index (χ2n) is 5.42. The van der Waals surface area contributed by atoms with Crippen molar-refractivity contribution in [3.63, 3.8) is 0 Å². The average molecular weight is 346 g/mol. The monoisotopic (exact) mass is 345 g/mol. The van der Waals surface area contributed by atoms with Gasteiger partial charge in [-0.3, -0.25) is 4.57 Å². The SMILES string of the molecule is Nc1ccc2c(c1)nc(C1CC1)n2-c1ccc(F)cc1Br. The van der Waals surface area contributed by atoms with Crippen molar-refractivity contribution >= 4 is 32.7 Å². The lowest BCUT2D eigenvalue weighted by Gasteiger charge is -2.11. The van der Waals surface area contributed by atoms with E-state index < -0.39 is 0 Å². The van der Waals surface area contributed by atoms with E-state index in [1.807, 2.05) is 18.2 Å². The van der Waals surface area contributed by atoms with Gasteiger partial charge < -0.3 is 5.73 Å². The van der Waals surface area contributed by atoms with Gasteiger partial charge >= 0.3 is 0 Å². The highest BCUT2D eigenvalue weighted by Crippen LogP contribution is 2.42. The van der Waals surface area contributed by atoms with Crippen LogP contribution in [-0.4, -0.2) is 9.55 Å². The standard InChI is InChI=1S/C16H13BrFN3/c17-12-7-10(18)3-5-14(12)21-15-6-4-11(19)8-13(15)20-16(21)9-1-2-9/h3-9H,1-2,19H2. The van der Waals surface area contributed by atoms with Crippen molar-refractivity contribution in [2.24, 2.45) is 0 Å². The van der Waals surface area contributed by atoms with Gasteiger partial charge in [0.15, 0.2) is 0 Å². The van der Waals surface area contributed by atoms with E-state index in [0.29, 0.717) is 11.6 Å². The molecular formula is C16H13BrFN3. The molecule has 4 rings (SSSR count). The van der Waals surface area contributed by atoms with Crippen LogP contribution in [0.1, 0.15) is 24.6 Å². The van der Waals surface area contributed by atoms with E-state index in [-0.39, 0.29) is 5.82 Å². The molecule has 1 aromatic heterocycles. The van der Waals surface area contributed by atoms with Crippen LogP contribution >= 0.6 is 15.9 Å². The Labute approximate surface area is 129 Å². The van der Waals surface area contributed by atoms with Gasteiger partial charge in [0.1, 0.15) is 11.6 Å². The van der Waals surface area contributed by atoms with Gasteiger partial charge in [-0.1, -0.05) is 0 Å². The van der Waals surface area contributed by atoms with Crippen LogP contribution in [0.15, 0.2) is 40.9 Å². The van der Waals surface area contributed by atoms with Crippen LogP contribution < -0.4 is 5.73 Å². The molecule has 2 N–H and O–H groups in total. The highest BCUT2D eigenvalue weighted by Gasteiger charge is 2.30. The molecule has 0 radical (unpaired) electrons.